The number of pyridine rings is 1. The summed E-state index contributed by atoms with van der Waals surface area (Å²) in [6.07, 6.45) is 6.89. The van der Waals surface area contributed by atoms with Gasteiger partial charge in [-0.15, -0.1) is 0 Å². The van der Waals surface area contributed by atoms with Crippen molar-refractivity contribution in [2.45, 2.75) is 76.0 Å². The number of piperidine rings is 1. The lowest BCUT2D eigenvalue weighted by molar-refractivity contribution is -0.168. The van der Waals surface area contributed by atoms with Crippen molar-refractivity contribution < 1.29 is 14.0 Å². The number of aromatic nitrogens is 1. The average molecular weight is 445 g/mol. The number of rotatable bonds is 2. The molecule has 3 saturated carbocycles. The van der Waals surface area contributed by atoms with E-state index in [1.54, 1.807) is 18.1 Å². The maximum absolute atomic E-state index is 14.7. The van der Waals surface area contributed by atoms with Gasteiger partial charge in [-0.05, 0) is 97.4 Å². The fourth-order valence-corrected chi connectivity index (χ4v) is 9.17. The van der Waals surface area contributed by atoms with Gasteiger partial charge in [0.2, 0.25) is 0 Å². The Morgan fingerprint density at radius 1 is 1.13 bits per heavy atom. The minimum Gasteiger partial charge on any atom is -0.340 e. The highest BCUT2D eigenvalue weighted by molar-refractivity contribution is 8.13. The summed E-state index contributed by atoms with van der Waals surface area (Å²) >= 11 is 1.30. The molecule has 8 atom stereocenters. The number of thioether (sulfide) groups is 1. The molecular formula is C25H33FN2O2S. The predicted octanol–water partition coefficient (Wildman–Crippen LogP) is 5.13. The molecule has 3 aliphatic carbocycles. The van der Waals surface area contributed by atoms with Crippen molar-refractivity contribution in [2.24, 2.45) is 34.5 Å². The zero-order valence-corrected chi connectivity index (χ0v) is 19.5. The molecule has 31 heavy (non-hydrogen) atoms. The van der Waals surface area contributed by atoms with Crippen LogP contribution < -0.4 is 0 Å². The SMILES string of the molecule is CN1C(=O)[C@H](F)C[C@]2(C)[C@H]3CC[C@]4(C)[C@@H](C(=O)Sc5ccccn5)CC[C@H]4[C@@H]3CC[C@@H]12. The smallest absolute Gasteiger partial charge is 0.257 e. The van der Waals surface area contributed by atoms with Crippen molar-refractivity contribution >= 4 is 22.8 Å². The summed E-state index contributed by atoms with van der Waals surface area (Å²) in [5, 5.41) is 1.04. The average Bonchev–Trinajstić information content (AvgIpc) is 3.10. The van der Waals surface area contributed by atoms with Gasteiger partial charge in [0.15, 0.2) is 11.3 Å². The third-order valence-electron chi connectivity index (χ3n) is 9.65. The van der Waals surface area contributed by atoms with Gasteiger partial charge in [0.05, 0.1) is 0 Å². The molecule has 4 nitrogen and oxygen atoms in total. The highest BCUT2D eigenvalue weighted by Gasteiger charge is 2.63. The second-order valence-electron chi connectivity index (χ2n) is 10.9. The van der Waals surface area contributed by atoms with Crippen LogP contribution >= 0.6 is 11.8 Å². The van der Waals surface area contributed by atoms with Gasteiger partial charge in [-0.3, -0.25) is 9.59 Å². The third-order valence-corrected chi connectivity index (χ3v) is 10.6. The molecule has 0 aromatic carbocycles. The molecule has 0 radical (unpaired) electrons. The Labute approximate surface area is 188 Å². The summed E-state index contributed by atoms with van der Waals surface area (Å²) < 4.78 is 14.7. The van der Waals surface area contributed by atoms with Gasteiger partial charge in [0.1, 0.15) is 5.03 Å². The van der Waals surface area contributed by atoms with E-state index in [1.165, 1.54) is 11.8 Å². The lowest BCUT2D eigenvalue weighted by Crippen LogP contribution is -2.64. The normalized spacial score (nSPS) is 44.4. The molecule has 1 aromatic rings. The van der Waals surface area contributed by atoms with Crippen LogP contribution in [-0.2, 0) is 9.59 Å². The van der Waals surface area contributed by atoms with Gasteiger partial charge < -0.3 is 4.90 Å². The number of hydrogen-bond donors (Lipinski definition) is 0. The van der Waals surface area contributed by atoms with Gasteiger partial charge >= 0.3 is 0 Å². The first-order valence-corrected chi connectivity index (χ1v) is 12.6. The number of amides is 1. The Morgan fingerprint density at radius 2 is 1.90 bits per heavy atom. The molecule has 0 spiro atoms. The highest BCUT2D eigenvalue weighted by Crippen LogP contribution is 2.66. The molecule has 1 aromatic heterocycles. The number of likely N-dealkylation sites (tertiary alicyclic amines) is 1. The van der Waals surface area contributed by atoms with Crippen LogP contribution in [0.4, 0.5) is 4.39 Å². The maximum Gasteiger partial charge on any atom is 0.257 e. The van der Waals surface area contributed by atoms with Crippen LogP contribution in [-0.4, -0.2) is 40.2 Å². The fraction of sp³-hybridized carbons (Fsp3) is 0.720. The Balaban J connectivity index is 1.37. The first-order chi connectivity index (χ1) is 14.8. The molecule has 2 heterocycles. The topological polar surface area (TPSA) is 50.3 Å². The van der Waals surface area contributed by atoms with E-state index in [1.807, 2.05) is 18.2 Å². The van der Waals surface area contributed by atoms with Crippen molar-refractivity contribution in [2.75, 3.05) is 7.05 Å². The fourth-order valence-electron chi connectivity index (χ4n) is 8.18. The molecule has 5 rings (SSSR count). The highest BCUT2D eigenvalue weighted by atomic mass is 32.2. The van der Waals surface area contributed by atoms with Gasteiger partial charge in [-0.1, -0.05) is 19.9 Å². The number of alkyl halides is 1. The molecule has 4 fully saturated rings. The van der Waals surface area contributed by atoms with E-state index in [9.17, 15) is 14.0 Å². The predicted molar refractivity (Wildman–Crippen MR) is 119 cm³/mol. The lowest BCUT2D eigenvalue weighted by Gasteiger charge is -2.62. The van der Waals surface area contributed by atoms with Crippen molar-refractivity contribution in [1.29, 1.82) is 0 Å². The largest absolute Gasteiger partial charge is 0.340 e. The maximum atomic E-state index is 14.7. The zero-order chi connectivity index (χ0) is 22.0. The monoisotopic (exact) mass is 444 g/mol. The third kappa shape index (κ3) is 3.19. The molecule has 168 valence electrons. The molecule has 1 saturated heterocycles. The van der Waals surface area contributed by atoms with E-state index in [-0.39, 0.29) is 33.8 Å². The number of fused-ring (bicyclic) bond motifs is 5. The summed E-state index contributed by atoms with van der Waals surface area (Å²) in [6, 6.07) is 5.86. The van der Waals surface area contributed by atoms with Crippen molar-refractivity contribution in [1.82, 2.24) is 9.88 Å². The molecule has 6 heteroatoms. The van der Waals surface area contributed by atoms with E-state index in [0.29, 0.717) is 24.2 Å². The Hall–Kier alpha value is -1.43. The van der Waals surface area contributed by atoms with Crippen LogP contribution in [0.15, 0.2) is 29.4 Å². The van der Waals surface area contributed by atoms with E-state index >= 15 is 0 Å². The Bertz CT molecular complexity index is 882. The van der Waals surface area contributed by atoms with Gasteiger partial charge in [0.25, 0.3) is 5.91 Å². The van der Waals surface area contributed by atoms with E-state index < -0.39 is 6.17 Å². The van der Waals surface area contributed by atoms with E-state index in [2.05, 4.69) is 18.8 Å². The number of carbonyl (C=O) groups excluding carboxylic acids is 2. The summed E-state index contributed by atoms with van der Waals surface area (Å²) in [6.45, 7) is 4.58. The first-order valence-electron chi connectivity index (χ1n) is 11.8. The number of hydrogen-bond acceptors (Lipinski definition) is 4. The van der Waals surface area contributed by atoms with Crippen molar-refractivity contribution in [3.8, 4) is 0 Å². The van der Waals surface area contributed by atoms with Gasteiger partial charge in [-0.2, -0.15) is 0 Å². The van der Waals surface area contributed by atoms with Crippen LogP contribution in [0.25, 0.3) is 0 Å². The minimum atomic E-state index is -1.37. The molecule has 4 aliphatic rings. The second-order valence-corrected chi connectivity index (χ2v) is 11.9. The summed E-state index contributed by atoms with van der Waals surface area (Å²) in [5.74, 6) is 1.23. The Morgan fingerprint density at radius 3 is 2.65 bits per heavy atom. The zero-order valence-electron chi connectivity index (χ0n) is 18.7. The van der Waals surface area contributed by atoms with Crippen molar-refractivity contribution in [3.05, 3.63) is 24.4 Å². The molecule has 0 N–H and O–H groups in total. The van der Waals surface area contributed by atoms with Crippen LogP contribution in [0, 0.1) is 34.5 Å². The summed E-state index contributed by atoms with van der Waals surface area (Å²) in [4.78, 5) is 31.6. The van der Waals surface area contributed by atoms with Crippen LogP contribution in [0.1, 0.15) is 58.8 Å². The van der Waals surface area contributed by atoms with E-state index in [4.69, 9.17) is 0 Å². The lowest BCUT2D eigenvalue weighted by atomic mass is 9.47. The Kier molecular flexibility index (Phi) is 5.23. The van der Waals surface area contributed by atoms with Gasteiger partial charge in [0, 0.05) is 25.2 Å². The van der Waals surface area contributed by atoms with Crippen LogP contribution in [0.3, 0.4) is 0 Å². The molecular weight excluding hydrogens is 411 g/mol. The standard InChI is InChI=1S/C25H33FN2O2S/c1-24-12-11-17-15(7-10-20-25(17,2)14-19(26)22(29)28(20)3)16(24)8-9-18(24)23(30)31-21-6-4-5-13-27-21/h4-6,13,15-20H,7-12,14H2,1-3H3/t15-,16-,17-,18+,19+,20+,24-,25+/m0/s1. The first kappa shape index (κ1) is 21.4. The molecule has 0 bridgehead atoms. The molecule has 0 unspecified atom stereocenters. The quantitative estimate of drug-likeness (QED) is 0.594. The molecule has 1 amide bonds. The van der Waals surface area contributed by atoms with Crippen LogP contribution in [0.5, 0.6) is 0 Å². The van der Waals surface area contributed by atoms with Gasteiger partial charge in [-0.25, -0.2) is 9.37 Å². The number of nitrogens with zero attached hydrogens (tertiary/aromatic N) is 2. The van der Waals surface area contributed by atoms with E-state index in [0.717, 1.165) is 43.6 Å². The number of halogens is 1. The summed E-state index contributed by atoms with van der Waals surface area (Å²) in [5.41, 5.74) is -0.133. The van der Waals surface area contributed by atoms with Crippen LogP contribution in [0.2, 0.25) is 0 Å². The van der Waals surface area contributed by atoms with Crippen molar-refractivity contribution in [3.63, 3.8) is 0 Å². The second kappa shape index (κ2) is 7.57. The molecule has 1 aliphatic heterocycles. The summed E-state index contributed by atoms with van der Waals surface area (Å²) in [7, 11) is 1.80. The number of carbonyl (C=O) groups is 2. The minimum absolute atomic E-state index is 0.0226.